The average Bonchev–Trinajstić information content (AvgIpc) is 3.13. The summed E-state index contributed by atoms with van der Waals surface area (Å²) >= 11 is 0. The lowest BCUT2D eigenvalue weighted by molar-refractivity contribution is -0.145. The third-order valence-electron chi connectivity index (χ3n) is 4.51. The van der Waals surface area contributed by atoms with E-state index in [1.165, 1.54) is 19.2 Å². The lowest BCUT2D eigenvalue weighted by Gasteiger charge is -2.27. The Kier molecular flexibility index (Phi) is 5.83. The van der Waals surface area contributed by atoms with E-state index in [9.17, 15) is 13.2 Å². The predicted octanol–water partition coefficient (Wildman–Crippen LogP) is 2.58. The number of ether oxygens (including phenoxy) is 1. The van der Waals surface area contributed by atoms with Crippen molar-refractivity contribution in [3.8, 4) is 12.3 Å². The molecule has 0 aliphatic rings. The molecule has 1 heterocycles. The summed E-state index contributed by atoms with van der Waals surface area (Å²) in [7, 11) is -2.76. The van der Waals surface area contributed by atoms with E-state index in [-0.39, 0.29) is 17.9 Å². The molecule has 0 bridgehead atoms. The van der Waals surface area contributed by atoms with E-state index >= 15 is 0 Å². The van der Waals surface area contributed by atoms with Crippen LogP contribution in [-0.4, -0.2) is 43.4 Å². The average molecular weight is 396 g/mol. The number of terminal acetylenes is 1. The zero-order chi connectivity index (χ0) is 20.1. The zero-order valence-corrected chi connectivity index (χ0v) is 16.1. The van der Waals surface area contributed by atoms with Crippen LogP contribution in [0, 0.1) is 12.3 Å². The van der Waals surface area contributed by atoms with Gasteiger partial charge in [0.15, 0.2) is 0 Å². The van der Waals surface area contributed by atoms with Gasteiger partial charge < -0.3 is 9.72 Å². The van der Waals surface area contributed by atoms with E-state index < -0.39 is 22.0 Å². The number of hydrogen-bond acceptors (Lipinski definition) is 4. The van der Waals surface area contributed by atoms with Gasteiger partial charge in [-0.1, -0.05) is 42.3 Å². The number of H-pyrrole nitrogens is 1. The Labute approximate surface area is 164 Å². The number of sulfonamides is 1. The van der Waals surface area contributed by atoms with E-state index in [2.05, 4.69) is 10.9 Å². The maximum absolute atomic E-state index is 13.2. The number of nitrogens with zero attached hydrogens (tertiary/aromatic N) is 1. The van der Waals surface area contributed by atoms with Crippen molar-refractivity contribution < 1.29 is 17.9 Å². The topological polar surface area (TPSA) is 79.5 Å². The first-order valence-corrected chi connectivity index (χ1v) is 10.1. The number of benzene rings is 2. The number of aromatic nitrogens is 1. The molecule has 0 aliphatic heterocycles. The Morgan fingerprint density at radius 2 is 1.86 bits per heavy atom. The van der Waals surface area contributed by atoms with E-state index in [1.807, 2.05) is 24.3 Å². The van der Waals surface area contributed by atoms with Gasteiger partial charge in [0, 0.05) is 23.5 Å². The highest BCUT2D eigenvalue weighted by atomic mass is 32.2. The number of methoxy groups -OCH3 is 1. The summed E-state index contributed by atoms with van der Waals surface area (Å²) in [6, 6.07) is 14.4. The molecule has 6 nitrogen and oxygen atoms in total. The number of para-hydroxylation sites is 1. The largest absolute Gasteiger partial charge is 0.468 e. The first-order chi connectivity index (χ1) is 13.5. The molecule has 0 amide bonds. The molecule has 0 aliphatic carbocycles. The molecule has 0 radical (unpaired) electrons. The van der Waals surface area contributed by atoms with E-state index in [0.29, 0.717) is 0 Å². The Bertz CT molecular complexity index is 1110. The normalized spacial score (nSPS) is 12.6. The summed E-state index contributed by atoms with van der Waals surface area (Å²) in [4.78, 5) is 15.8. The van der Waals surface area contributed by atoms with E-state index in [0.717, 1.165) is 20.8 Å². The first-order valence-electron chi connectivity index (χ1n) is 8.62. The number of carbonyl (C=O) groups is 1. The predicted molar refractivity (Wildman–Crippen MR) is 107 cm³/mol. The summed E-state index contributed by atoms with van der Waals surface area (Å²) in [5, 5.41) is 0.911. The van der Waals surface area contributed by atoms with Gasteiger partial charge in [-0.05, 0) is 23.8 Å². The van der Waals surface area contributed by atoms with Gasteiger partial charge in [0.2, 0.25) is 10.0 Å². The van der Waals surface area contributed by atoms with Gasteiger partial charge >= 0.3 is 5.97 Å². The number of fused-ring (bicyclic) bond motifs is 1. The van der Waals surface area contributed by atoms with Crippen LogP contribution in [0.2, 0.25) is 0 Å². The Morgan fingerprint density at radius 3 is 2.54 bits per heavy atom. The standard InChI is InChI=1S/C21H20N2O4S/c1-3-13-23(28(25,26)17-9-5-4-6-10-17)20(21(24)27-2)14-16-15-22-19-12-8-7-11-18(16)19/h1,4-12,15,20,22H,13-14H2,2H3. The fraction of sp³-hybridized carbons (Fsp3) is 0.190. The second-order valence-electron chi connectivity index (χ2n) is 6.17. The summed E-state index contributed by atoms with van der Waals surface area (Å²) in [6.07, 6.45) is 7.33. The van der Waals surface area contributed by atoms with Crippen molar-refractivity contribution in [2.24, 2.45) is 0 Å². The molecule has 0 spiro atoms. The maximum Gasteiger partial charge on any atom is 0.324 e. The minimum atomic E-state index is -3.99. The van der Waals surface area contributed by atoms with Gasteiger partial charge in [-0.15, -0.1) is 6.42 Å². The van der Waals surface area contributed by atoms with Crippen LogP contribution in [0.4, 0.5) is 0 Å². The molecule has 0 saturated carbocycles. The summed E-state index contributed by atoms with van der Waals surface area (Å²) in [5.74, 6) is 1.68. The first kappa shape index (κ1) is 19.7. The van der Waals surface area contributed by atoms with Crippen molar-refractivity contribution in [1.29, 1.82) is 0 Å². The maximum atomic E-state index is 13.2. The van der Waals surface area contributed by atoms with E-state index in [4.69, 9.17) is 11.2 Å². The molecule has 2 aromatic carbocycles. The molecule has 1 aromatic heterocycles. The van der Waals surface area contributed by atoms with Crippen LogP contribution in [0.5, 0.6) is 0 Å². The lowest BCUT2D eigenvalue weighted by atomic mass is 10.0. The molecule has 144 valence electrons. The van der Waals surface area contributed by atoms with Gasteiger partial charge in [0.25, 0.3) is 0 Å². The summed E-state index contributed by atoms with van der Waals surface area (Å²) in [6.45, 7) is -0.251. The van der Waals surface area contributed by atoms with Crippen LogP contribution in [0.25, 0.3) is 10.9 Å². The van der Waals surface area contributed by atoms with Gasteiger partial charge in [-0.25, -0.2) is 8.42 Å². The molecule has 28 heavy (non-hydrogen) atoms. The smallest absolute Gasteiger partial charge is 0.324 e. The van der Waals surface area contributed by atoms with Gasteiger partial charge in [0.1, 0.15) is 6.04 Å². The van der Waals surface area contributed by atoms with Crippen LogP contribution in [0.3, 0.4) is 0 Å². The van der Waals surface area contributed by atoms with Crippen LogP contribution in [-0.2, 0) is 26.0 Å². The summed E-state index contributed by atoms with van der Waals surface area (Å²) < 4.78 is 32.3. The third-order valence-corrected chi connectivity index (χ3v) is 6.37. The van der Waals surface area contributed by atoms with Crippen LogP contribution in [0.15, 0.2) is 65.7 Å². The number of aromatic amines is 1. The van der Waals surface area contributed by atoms with Crippen molar-refractivity contribution in [2.75, 3.05) is 13.7 Å². The minimum Gasteiger partial charge on any atom is -0.468 e. The number of carbonyl (C=O) groups excluding carboxylic acids is 1. The molecule has 0 fully saturated rings. The lowest BCUT2D eigenvalue weighted by Crippen LogP contribution is -2.47. The van der Waals surface area contributed by atoms with Crippen molar-refractivity contribution in [1.82, 2.24) is 9.29 Å². The molecule has 1 atom stereocenters. The quantitative estimate of drug-likeness (QED) is 0.492. The Balaban J connectivity index is 2.05. The number of nitrogens with one attached hydrogen (secondary N) is 1. The number of rotatable bonds is 7. The van der Waals surface area contributed by atoms with Gasteiger partial charge in [-0.3, -0.25) is 4.79 Å². The molecule has 7 heteroatoms. The molecule has 0 saturated heterocycles. The number of esters is 1. The summed E-state index contributed by atoms with van der Waals surface area (Å²) in [5.41, 5.74) is 1.70. The van der Waals surface area contributed by atoms with Gasteiger partial charge in [-0.2, -0.15) is 4.31 Å². The third kappa shape index (κ3) is 3.79. The highest BCUT2D eigenvalue weighted by molar-refractivity contribution is 7.89. The Morgan fingerprint density at radius 1 is 1.18 bits per heavy atom. The molecular formula is C21H20N2O4S. The fourth-order valence-electron chi connectivity index (χ4n) is 3.13. The van der Waals surface area contributed by atoms with Crippen molar-refractivity contribution in [2.45, 2.75) is 17.4 Å². The monoisotopic (exact) mass is 396 g/mol. The highest BCUT2D eigenvalue weighted by Gasteiger charge is 2.36. The van der Waals surface area contributed by atoms with Crippen LogP contribution < -0.4 is 0 Å². The molecular weight excluding hydrogens is 376 g/mol. The Hall–Kier alpha value is -3.08. The molecule has 1 N–H and O–H groups in total. The minimum absolute atomic E-state index is 0.0677. The van der Waals surface area contributed by atoms with Crippen LogP contribution in [0.1, 0.15) is 5.56 Å². The molecule has 3 rings (SSSR count). The fourth-order valence-corrected chi connectivity index (χ4v) is 4.64. The van der Waals surface area contributed by atoms with Crippen molar-refractivity contribution in [3.63, 3.8) is 0 Å². The second kappa shape index (κ2) is 8.30. The molecule has 1 unspecified atom stereocenters. The second-order valence-corrected chi connectivity index (χ2v) is 8.06. The molecule has 3 aromatic rings. The highest BCUT2D eigenvalue weighted by Crippen LogP contribution is 2.24. The van der Waals surface area contributed by atoms with Crippen molar-refractivity contribution in [3.05, 3.63) is 66.4 Å². The van der Waals surface area contributed by atoms with E-state index in [1.54, 1.807) is 24.4 Å². The van der Waals surface area contributed by atoms with Crippen LogP contribution >= 0.6 is 0 Å². The SMILES string of the molecule is C#CCN(C(Cc1c[nH]c2ccccc12)C(=O)OC)S(=O)(=O)c1ccccc1. The zero-order valence-electron chi connectivity index (χ0n) is 15.3. The number of hydrogen-bond donors (Lipinski definition) is 1. The van der Waals surface area contributed by atoms with Gasteiger partial charge in [0.05, 0.1) is 18.6 Å². The van der Waals surface area contributed by atoms with Crippen molar-refractivity contribution >= 4 is 26.9 Å².